The molecule has 0 atom stereocenters. The summed E-state index contributed by atoms with van der Waals surface area (Å²) >= 11 is 3.39. The molecule has 0 spiro atoms. The van der Waals surface area contributed by atoms with Crippen molar-refractivity contribution in [3.8, 4) is 0 Å². The third-order valence-electron chi connectivity index (χ3n) is 2.09. The second-order valence-corrected chi connectivity index (χ2v) is 4.54. The molecule has 0 aliphatic rings. The van der Waals surface area contributed by atoms with Gasteiger partial charge in [0.25, 0.3) is 0 Å². The molecule has 78 valence electrons. The number of hydrogen-bond acceptors (Lipinski definition) is 2. The van der Waals surface area contributed by atoms with Crippen molar-refractivity contribution < 1.29 is 0 Å². The van der Waals surface area contributed by atoms with Crippen molar-refractivity contribution in [2.45, 2.75) is 33.2 Å². The highest BCUT2D eigenvalue weighted by Gasteiger charge is 2.09. The number of pyridine rings is 1. The van der Waals surface area contributed by atoms with Crippen molar-refractivity contribution >= 4 is 21.7 Å². The van der Waals surface area contributed by atoms with E-state index in [0.717, 1.165) is 23.3 Å². The number of anilines is 1. The van der Waals surface area contributed by atoms with Gasteiger partial charge in [-0.3, -0.25) is 0 Å². The molecule has 1 rings (SSSR count). The normalized spacial score (nSPS) is 10.6. The molecular weight excluding hydrogens is 240 g/mol. The second kappa shape index (κ2) is 5.35. The predicted molar refractivity (Wildman–Crippen MR) is 64.7 cm³/mol. The van der Waals surface area contributed by atoms with Gasteiger partial charge >= 0.3 is 0 Å². The fourth-order valence-corrected chi connectivity index (χ4v) is 1.65. The molecule has 0 radical (unpaired) electrons. The molecule has 0 unspecified atom stereocenters. The predicted octanol–water partition coefficient (Wildman–Crippen LogP) is 3.47. The summed E-state index contributed by atoms with van der Waals surface area (Å²) < 4.78 is 1.03. The lowest BCUT2D eigenvalue weighted by Crippen LogP contribution is -2.32. The molecule has 0 aliphatic heterocycles. The van der Waals surface area contributed by atoms with Gasteiger partial charge in [0, 0.05) is 23.3 Å². The van der Waals surface area contributed by atoms with Crippen LogP contribution in [0.3, 0.4) is 0 Å². The van der Waals surface area contributed by atoms with Crippen molar-refractivity contribution in [3.63, 3.8) is 0 Å². The van der Waals surface area contributed by atoms with E-state index in [4.69, 9.17) is 0 Å². The van der Waals surface area contributed by atoms with Crippen LogP contribution in [0.5, 0.6) is 0 Å². The molecule has 0 N–H and O–H groups in total. The van der Waals surface area contributed by atoms with E-state index in [1.807, 2.05) is 12.3 Å². The first kappa shape index (κ1) is 11.5. The number of rotatable bonds is 4. The van der Waals surface area contributed by atoms with Crippen LogP contribution < -0.4 is 4.90 Å². The zero-order chi connectivity index (χ0) is 10.6. The van der Waals surface area contributed by atoms with Gasteiger partial charge in [0.1, 0.15) is 5.82 Å². The van der Waals surface area contributed by atoms with E-state index in [-0.39, 0.29) is 0 Å². The van der Waals surface area contributed by atoms with Crippen molar-refractivity contribution in [1.29, 1.82) is 0 Å². The standard InChI is InChI=1S/C11H17BrN2/c1-4-7-14(9(2)3)11-6-5-10(12)8-13-11/h5-6,8-9H,4,7H2,1-3H3. The maximum atomic E-state index is 4.40. The summed E-state index contributed by atoms with van der Waals surface area (Å²) in [6, 6.07) is 4.59. The summed E-state index contributed by atoms with van der Waals surface area (Å²) in [5, 5.41) is 0. The number of nitrogens with zero attached hydrogens (tertiary/aromatic N) is 2. The summed E-state index contributed by atoms with van der Waals surface area (Å²) in [6.45, 7) is 7.64. The lowest BCUT2D eigenvalue weighted by molar-refractivity contribution is 0.662. The Morgan fingerprint density at radius 2 is 2.14 bits per heavy atom. The summed E-state index contributed by atoms with van der Waals surface area (Å²) in [5.74, 6) is 1.06. The molecule has 0 aliphatic carbocycles. The van der Waals surface area contributed by atoms with Gasteiger partial charge in [-0.25, -0.2) is 4.98 Å². The van der Waals surface area contributed by atoms with Crippen LogP contribution in [0.25, 0.3) is 0 Å². The van der Waals surface area contributed by atoms with Gasteiger partial charge in [-0.2, -0.15) is 0 Å². The Bertz CT molecular complexity index is 269. The molecule has 1 heterocycles. The van der Waals surface area contributed by atoms with Crippen molar-refractivity contribution in [2.75, 3.05) is 11.4 Å². The minimum absolute atomic E-state index is 0.503. The number of aromatic nitrogens is 1. The Kier molecular flexibility index (Phi) is 4.39. The maximum absolute atomic E-state index is 4.40. The molecule has 0 aromatic carbocycles. The van der Waals surface area contributed by atoms with Crippen LogP contribution in [0.2, 0.25) is 0 Å². The highest BCUT2D eigenvalue weighted by Crippen LogP contribution is 2.17. The van der Waals surface area contributed by atoms with Gasteiger partial charge < -0.3 is 4.90 Å². The first-order valence-electron chi connectivity index (χ1n) is 5.03. The van der Waals surface area contributed by atoms with E-state index in [1.165, 1.54) is 0 Å². The molecule has 0 amide bonds. The van der Waals surface area contributed by atoms with Gasteiger partial charge in [0.2, 0.25) is 0 Å². The monoisotopic (exact) mass is 256 g/mol. The molecule has 2 nitrogen and oxygen atoms in total. The first-order chi connectivity index (χ1) is 6.65. The number of halogens is 1. The Hall–Kier alpha value is -0.570. The van der Waals surface area contributed by atoms with E-state index >= 15 is 0 Å². The van der Waals surface area contributed by atoms with Gasteiger partial charge in [0.05, 0.1) is 0 Å². The van der Waals surface area contributed by atoms with Crippen LogP contribution in [-0.2, 0) is 0 Å². The van der Waals surface area contributed by atoms with Crippen LogP contribution in [0.1, 0.15) is 27.2 Å². The van der Waals surface area contributed by atoms with Crippen LogP contribution in [0.4, 0.5) is 5.82 Å². The minimum atomic E-state index is 0.503. The fraction of sp³-hybridized carbons (Fsp3) is 0.545. The van der Waals surface area contributed by atoms with Crippen molar-refractivity contribution in [2.24, 2.45) is 0 Å². The summed E-state index contributed by atoms with van der Waals surface area (Å²) in [6.07, 6.45) is 3.00. The second-order valence-electron chi connectivity index (χ2n) is 3.62. The lowest BCUT2D eigenvalue weighted by Gasteiger charge is -2.27. The minimum Gasteiger partial charge on any atom is -0.354 e. The Balaban J connectivity index is 2.82. The SMILES string of the molecule is CCCN(c1ccc(Br)cn1)C(C)C. The van der Waals surface area contributed by atoms with Gasteiger partial charge in [-0.1, -0.05) is 6.92 Å². The number of hydrogen-bond donors (Lipinski definition) is 0. The Labute approximate surface area is 94.5 Å². The summed E-state index contributed by atoms with van der Waals surface area (Å²) in [5.41, 5.74) is 0. The molecule has 0 saturated heterocycles. The molecule has 14 heavy (non-hydrogen) atoms. The zero-order valence-electron chi connectivity index (χ0n) is 9.00. The summed E-state index contributed by atoms with van der Waals surface area (Å²) in [4.78, 5) is 6.71. The molecule has 1 aromatic rings. The zero-order valence-corrected chi connectivity index (χ0v) is 10.6. The Morgan fingerprint density at radius 1 is 1.43 bits per heavy atom. The van der Waals surface area contributed by atoms with E-state index in [0.29, 0.717) is 6.04 Å². The first-order valence-corrected chi connectivity index (χ1v) is 5.82. The molecule has 1 aromatic heterocycles. The van der Waals surface area contributed by atoms with Crippen LogP contribution in [-0.4, -0.2) is 17.6 Å². The van der Waals surface area contributed by atoms with Crippen LogP contribution >= 0.6 is 15.9 Å². The van der Waals surface area contributed by atoms with E-state index in [9.17, 15) is 0 Å². The Morgan fingerprint density at radius 3 is 2.57 bits per heavy atom. The van der Waals surface area contributed by atoms with E-state index < -0.39 is 0 Å². The third-order valence-corrected chi connectivity index (χ3v) is 2.56. The van der Waals surface area contributed by atoms with E-state index in [2.05, 4.69) is 52.7 Å². The molecule has 0 fully saturated rings. The average Bonchev–Trinajstić information content (AvgIpc) is 2.15. The smallest absolute Gasteiger partial charge is 0.128 e. The highest BCUT2D eigenvalue weighted by molar-refractivity contribution is 9.10. The molecule has 0 bridgehead atoms. The fourth-order valence-electron chi connectivity index (χ4n) is 1.42. The molecular formula is C11H17BrN2. The molecule has 0 saturated carbocycles. The third kappa shape index (κ3) is 2.98. The average molecular weight is 257 g/mol. The topological polar surface area (TPSA) is 16.1 Å². The van der Waals surface area contributed by atoms with Crippen molar-refractivity contribution in [1.82, 2.24) is 4.98 Å². The largest absolute Gasteiger partial charge is 0.354 e. The lowest BCUT2D eigenvalue weighted by atomic mass is 10.3. The van der Waals surface area contributed by atoms with Crippen LogP contribution in [0.15, 0.2) is 22.8 Å². The van der Waals surface area contributed by atoms with Crippen molar-refractivity contribution in [3.05, 3.63) is 22.8 Å². The summed E-state index contributed by atoms with van der Waals surface area (Å²) in [7, 11) is 0. The van der Waals surface area contributed by atoms with Gasteiger partial charge in [-0.05, 0) is 48.3 Å². The molecule has 3 heteroatoms. The maximum Gasteiger partial charge on any atom is 0.128 e. The van der Waals surface area contributed by atoms with Gasteiger partial charge in [0.15, 0.2) is 0 Å². The van der Waals surface area contributed by atoms with Crippen LogP contribution in [0, 0.1) is 0 Å². The van der Waals surface area contributed by atoms with Gasteiger partial charge in [-0.15, -0.1) is 0 Å². The quantitative estimate of drug-likeness (QED) is 0.821. The van der Waals surface area contributed by atoms with E-state index in [1.54, 1.807) is 0 Å². The highest BCUT2D eigenvalue weighted by atomic mass is 79.9.